The number of piperidine rings is 1. The Morgan fingerprint density at radius 3 is 2.26 bits per heavy atom. The van der Waals surface area contributed by atoms with Gasteiger partial charge in [-0.1, -0.05) is 18.6 Å². The lowest BCUT2D eigenvalue weighted by atomic mass is 10.1. The highest BCUT2D eigenvalue weighted by Crippen LogP contribution is 2.27. The zero-order chi connectivity index (χ0) is 19.4. The zero-order valence-electron chi connectivity index (χ0n) is 15.3. The lowest BCUT2D eigenvalue weighted by Crippen LogP contribution is -2.37. The molecule has 1 aliphatic heterocycles. The molecule has 8 heteroatoms. The first-order valence-corrected chi connectivity index (χ1v) is 10.9. The Morgan fingerprint density at radius 2 is 1.70 bits per heavy atom. The van der Waals surface area contributed by atoms with Gasteiger partial charge in [-0.3, -0.25) is 9.59 Å². The molecule has 0 radical (unpaired) electrons. The van der Waals surface area contributed by atoms with Crippen molar-refractivity contribution in [1.82, 2.24) is 9.21 Å². The van der Waals surface area contributed by atoms with E-state index in [1.807, 2.05) is 0 Å². The molecule has 148 valence electrons. The molecule has 1 saturated heterocycles. The summed E-state index contributed by atoms with van der Waals surface area (Å²) >= 11 is 0. The lowest BCUT2D eigenvalue weighted by Gasteiger charge is -2.25. The Kier molecular flexibility index (Phi) is 6.16. The Hall–Kier alpha value is -1.93. The molecule has 2 fully saturated rings. The van der Waals surface area contributed by atoms with Crippen molar-refractivity contribution in [2.24, 2.45) is 0 Å². The molecule has 0 spiro atoms. The molecule has 7 nitrogen and oxygen atoms in total. The fourth-order valence-corrected chi connectivity index (χ4v) is 4.95. The van der Waals surface area contributed by atoms with Crippen molar-refractivity contribution in [1.29, 1.82) is 0 Å². The van der Waals surface area contributed by atoms with E-state index in [0.717, 1.165) is 37.7 Å². The average molecular weight is 394 g/mol. The van der Waals surface area contributed by atoms with Crippen LogP contribution in [0.3, 0.4) is 0 Å². The molecule has 27 heavy (non-hydrogen) atoms. The van der Waals surface area contributed by atoms with Gasteiger partial charge in [-0.2, -0.15) is 4.31 Å². The van der Waals surface area contributed by atoms with Gasteiger partial charge >= 0.3 is 5.97 Å². The van der Waals surface area contributed by atoms with Crippen molar-refractivity contribution in [3.63, 3.8) is 0 Å². The SMILES string of the molecule is O=C(O)CN(C(=O)CCc1ccc(S(=O)(=O)N2CCCCC2)cc1)C1CC1. The first-order chi connectivity index (χ1) is 12.9. The predicted molar refractivity (Wildman–Crippen MR) is 99.7 cm³/mol. The standard InChI is InChI=1S/C19H26N2O5S/c22-18(21(14-19(23)24)16-7-8-16)11-6-15-4-9-17(10-5-15)27(25,26)20-12-2-1-3-13-20/h4-5,9-10,16H,1-3,6-8,11-14H2,(H,23,24). The van der Waals surface area contributed by atoms with Gasteiger partial charge in [0, 0.05) is 25.6 Å². The van der Waals surface area contributed by atoms with E-state index in [9.17, 15) is 18.0 Å². The maximum atomic E-state index is 12.6. The highest BCUT2D eigenvalue weighted by atomic mass is 32.2. The van der Waals surface area contributed by atoms with E-state index in [0.29, 0.717) is 19.5 Å². The van der Waals surface area contributed by atoms with Gasteiger partial charge in [0.15, 0.2) is 0 Å². The normalized spacial score (nSPS) is 18.2. The number of aliphatic carboxylic acids is 1. The number of benzene rings is 1. The topological polar surface area (TPSA) is 95.0 Å². The van der Waals surface area contributed by atoms with Crippen LogP contribution in [0.1, 0.15) is 44.1 Å². The number of amides is 1. The molecule has 0 unspecified atom stereocenters. The number of hydrogen-bond acceptors (Lipinski definition) is 4. The molecular weight excluding hydrogens is 368 g/mol. The number of carbonyl (C=O) groups is 2. The maximum absolute atomic E-state index is 12.6. The van der Waals surface area contributed by atoms with Crippen LogP contribution in [0.25, 0.3) is 0 Å². The largest absolute Gasteiger partial charge is 0.480 e. The van der Waals surface area contributed by atoms with Gasteiger partial charge in [0.1, 0.15) is 6.54 Å². The van der Waals surface area contributed by atoms with Crippen LogP contribution in [0, 0.1) is 0 Å². The second-order valence-corrected chi connectivity index (χ2v) is 9.19. The molecule has 1 aliphatic carbocycles. The second-order valence-electron chi connectivity index (χ2n) is 7.26. The summed E-state index contributed by atoms with van der Waals surface area (Å²) in [5, 5.41) is 8.95. The summed E-state index contributed by atoms with van der Waals surface area (Å²) in [6.45, 7) is 0.884. The number of aryl methyl sites for hydroxylation is 1. The molecule has 2 aliphatic rings. The number of rotatable bonds is 8. The quantitative estimate of drug-likeness (QED) is 0.726. The van der Waals surface area contributed by atoms with Gasteiger partial charge in [-0.15, -0.1) is 0 Å². The van der Waals surface area contributed by atoms with Crippen LogP contribution < -0.4 is 0 Å². The third kappa shape index (κ3) is 5.07. The summed E-state index contributed by atoms with van der Waals surface area (Å²) in [6.07, 6.45) is 5.27. The average Bonchev–Trinajstić information content (AvgIpc) is 3.50. The van der Waals surface area contributed by atoms with E-state index in [1.165, 1.54) is 9.21 Å². The molecule has 3 rings (SSSR count). The van der Waals surface area contributed by atoms with Crippen LogP contribution in [-0.2, 0) is 26.0 Å². The van der Waals surface area contributed by atoms with E-state index in [1.54, 1.807) is 24.3 Å². The molecule has 1 heterocycles. The molecule has 1 N–H and O–H groups in total. The van der Waals surface area contributed by atoms with Crippen LogP contribution in [0.2, 0.25) is 0 Å². The highest BCUT2D eigenvalue weighted by Gasteiger charge is 2.33. The molecule has 1 aromatic carbocycles. The first-order valence-electron chi connectivity index (χ1n) is 9.48. The van der Waals surface area contributed by atoms with Crippen LogP contribution in [0.15, 0.2) is 29.2 Å². The van der Waals surface area contributed by atoms with E-state index in [2.05, 4.69) is 0 Å². The molecule has 1 amide bonds. The summed E-state index contributed by atoms with van der Waals surface area (Å²) in [4.78, 5) is 25.0. The Morgan fingerprint density at radius 1 is 1.07 bits per heavy atom. The third-order valence-electron chi connectivity index (χ3n) is 5.12. The summed E-state index contributed by atoms with van der Waals surface area (Å²) < 4.78 is 26.8. The molecule has 1 saturated carbocycles. The van der Waals surface area contributed by atoms with Crippen molar-refractivity contribution in [3.05, 3.63) is 29.8 Å². The van der Waals surface area contributed by atoms with Crippen LogP contribution >= 0.6 is 0 Å². The number of carboxylic acid groups (broad SMARTS) is 1. The molecule has 1 aromatic rings. The van der Waals surface area contributed by atoms with Crippen molar-refractivity contribution < 1.29 is 23.1 Å². The monoisotopic (exact) mass is 394 g/mol. The smallest absolute Gasteiger partial charge is 0.323 e. The van der Waals surface area contributed by atoms with Crippen molar-refractivity contribution in [2.75, 3.05) is 19.6 Å². The number of sulfonamides is 1. The first kappa shape index (κ1) is 19.8. The van der Waals surface area contributed by atoms with E-state index in [4.69, 9.17) is 5.11 Å². The van der Waals surface area contributed by atoms with E-state index >= 15 is 0 Å². The summed E-state index contributed by atoms with van der Waals surface area (Å²) in [7, 11) is -3.45. The van der Waals surface area contributed by atoms with Crippen molar-refractivity contribution in [3.8, 4) is 0 Å². The van der Waals surface area contributed by atoms with Gasteiger partial charge < -0.3 is 10.0 Å². The fourth-order valence-electron chi connectivity index (χ4n) is 3.43. The van der Waals surface area contributed by atoms with Crippen LogP contribution in [-0.4, -0.2) is 60.3 Å². The minimum atomic E-state index is -3.45. The Bertz CT molecular complexity index is 781. The Labute approximate surface area is 160 Å². The Balaban J connectivity index is 1.58. The zero-order valence-corrected chi connectivity index (χ0v) is 16.2. The number of hydrogen-bond donors (Lipinski definition) is 1. The van der Waals surface area contributed by atoms with Crippen molar-refractivity contribution in [2.45, 2.75) is 55.9 Å². The minimum absolute atomic E-state index is 0.0608. The van der Waals surface area contributed by atoms with Gasteiger partial charge in [-0.25, -0.2) is 8.42 Å². The van der Waals surface area contributed by atoms with Gasteiger partial charge in [0.2, 0.25) is 15.9 Å². The van der Waals surface area contributed by atoms with E-state index in [-0.39, 0.29) is 29.8 Å². The van der Waals surface area contributed by atoms with Gasteiger partial charge in [-0.05, 0) is 49.8 Å². The minimum Gasteiger partial charge on any atom is -0.480 e. The van der Waals surface area contributed by atoms with Gasteiger partial charge in [0.25, 0.3) is 0 Å². The molecule has 0 aromatic heterocycles. The molecule has 0 bridgehead atoms. The summed E-state index contributed by atoms with van der Waals surface area (Å²) in [6, 6.07) is 6.73. The maximum Gasteiger partial charge on any atom is 0.323 e. The highest BCUT2D eigenvalue weighted by molar-refractivity contribution is 7.89. The number of carboxylic acids is 1. The van der Waals surface area contributed by atoms with Crippen LogP contribution in [0.5, 0.6) is 0 Å². The third-order valence-corrected chi connectivity index (χ3v) is 7.03. The lowest BCUT2D eigenvalue weighted by molar-refractivity contribution is -0.144. The van der Waals surface area contributed by atoms with Gasteiger partial charge in [0.05, 0.1) is 4.90 Å². The van der Waals surface area contributed by atoms with Crippen LogP contribution in [0.4, 0.5) is 0 Å². The predicted octanol–water partition coefficient (Wildman–Crippen LogP) is 1.87. The summed E-state index contributed by atoms with van der Waals surface area (Å²) in [5.74, 6) is -1.16. The molecule has 0 atom stereocenters. The second kappa shape index (κ2) is 8.39. The number of nitrogens with zero attached hydrogens (tertiary/aromatic N) is 2. The number of carbonyl (C=O) groups excluding carboxylic acids is 1. The van der Waals surface area contributed by atoms with Crippen molar-refractivity contribution >= 4 is 21.9 Å². The summed E-state index contributed by atoms with van der Waals surface area (Å²) in [5.41, 5.74) is 0.868. The fraction of sp³-hybridized carbons (Fsp3) is 0.579. The molecular formula is C19H26N2O5S. The van der Waals surface area contributed by atoms with E-state index < -0.39 is 16.0 Å².